The molecule has 0 radical (unpaired) electrons. The van der Waals surface area contributed by atoms with Crippen LogP contribution in [0.3, 0.4) is 0 Å². The van der Waals surface area contributed by atoms with Crippen LogP contribution in [0, 0.1) is 0 Å². The summed E-state index contributed by atoms with van der Waals surface area (Å²) < 4.78 is 1.01. The van der Waals surface area contributed by atoms with E-state index in [-0.39, 0.29) is 11.9 Å². The molecule has 3 amide bonds. The largest absolute Gasteiger partial charge is 0.341 e. The molecule has 1 heterocycles. The molecule has 0 aliphatic rings. The summed E-state index contributed by atoms with van der Waals surface area (Å²) in [7, 11) is 1.54. The van der Waals surface area contributed by atoms with Gasteiger partial charge in [0, 0.05) is 29.4 Å². The van der Waals surface area contributed by atoms with Crippen molar-refractivity contribution in [2.45, 2.75) is 0 Å². The lowest BCUT2D eigenvalue weighted by molar-refractivity contribution is -0.111. The summed E-state index contributed by atoms with van der Waals surface area (Å²) in [5.74, 6) is -0.235. The monoisotopic (exact) mass is 379 g/mol. The summed E-state index contributed by atoms with van der Waals surface area (Å²) in [5, 5.41) is 7.85. The maximum Gasteiger partial charge on any atom is 0.318 e. The zero-order valence-corrected chi connectivity index (χ0v) is 14.1. The molecule has 0 aliphatic heterocycles. The van der Waals surface area contributed by atoms with Crippen LogP contribution in [0.1, 0.15) is 4.88 Å². The maximum atomic E-state index is 11.9. The number of nitrogens with one attached hydrogen (secondary N) is 3. The lowest BCUT2D eigenvalue weighted by Gasteiger charge is -2.07. The summed E-state index contributed by atoms with van der Waals surface area (Å²) in [6.45, 7) is 0. The van der Waals surface area contributed by atoms with Gasteiger partial charge in [-0.1, -0.05) is 6.07 Å². The molecule has 0 atom stereocenters. The van der Waals surface area contributed by atoms with Crippen molar-refractivity contribution < 1.29 is 9.59 Å². The molecule has 0 aliphatic carbocycles. The van der Waals surface area contributed by atoms with E-state index in [1.807, 2.05) is 12.1 Å². The molecule has 22 heavy (non-hydrogen) atoms. The van der Waals surface area contributed by atoms with Crippen molar-refractivity contribution >= 4 is 56.7 Å². The molecule has 3 N–H and O–H groups in total. The average Bonchev–Trinajstić information content (AvgIpc) is 2.91. The second-order valence-corrected chi connectivity index (χ2v) is 6.74. The molecule has 0 unspecified atom stereocenters. The molecular formula is C15H14BrN3O2S. The Morgan fingerprint density at radius 2 is 1.86 bits per heavy atom. The molecule has 0 fully saturated rings. The Labute approximate surface area is 140 Å². The molecule has 1 aromatic carbocycles. The van der Waals surface area contributed by atoms with Gasteiger partial charge in [0.1, 0.15) is 0 Å². The molecule has 0 saturated carbocycles. The molecule has 1 aromatic heterocycles. The summed E-state index contributed by atoms with van der Waals surface area (Å²) in [5.41, 5.74) is 1.21. The fourth-order valence-electron chi connectivity index (χ4n) is 1.63. The highest BCUT2D eigenvalue weighted by molar-refractivity contribution is 9.11. The van der Waals surface area contributed by atoms with Gasteiger partial charge in [-0.3, -0.25) is 4.79 Å². The highest BCUT2D eigenvalue weighted by Gasteiger charge is 2.02. The van der Waals surface area contributed by atoms with E-state index in [4.69, 9.17) is 0 Å². The van der Waals surface area contributed by atoms with E-state index in [0.29, 0.717) is 11.4 Å². The molecule has 0 spiro atoms. The predicted molar refractivity (Wildman–Crippen MR) is 94.2 cm³/mol. The first-order valence-corrected chi connectivity index (χ1v) is 8.01. The Morgan fingerprint density at radius 1 is 1.14 bits per heavy atom. The van der Waals surface area contributed by atoms with Crippen LogP contribution in [0.5, 0.6) is 0 Å². The van der Waals surface area contributed by atoms with E-state index in [1.54, 1.807) is 41.7 Å². The van der Waals surface area contributed by atoms with Gasteiger partial charge in [-0.05, 0) is 52.3 Å². The van der Waals surface area contributed by atoms with E-state index >= 15 is 0 Å². The zero-order valence-electron chi connectivity index (χ0n) is 11.7. The molecule has 0 saturated heterocycles. The molecule has 2 rings (SSSR count). The van der Waals surface area contributed by atoms with Crippen LogP contribution in [0.4, 0.5) is 16.2 Å². The number of urea groups is 1. The van der Waals surface area contributed by atoms with Crippen LogP contribution in [0.25, 0.3) is 6.08 Å². The third kappa shape index (κ3) is 5.01. The Morgan fingerprint density at radius 3 is 2.50 bits per heavy atom. The molecule has 5 nitrogen and oxygen atoms in total. The molecule has 7 heteroatoms. The minimum atomic E-state index is -0.313. The number of carbonyl (C=O) groups is 2. The smallest absolute Gasteiger partial charge is 0.318 e. The number of hydrogen-bond acceptors (Lipinski definition) is 3. The third-order valence-electron chi connectivity index (χ3n) is 2.61. The Kier molecular flexibility index (Phi) is 5.74. The lowest BCUT2D eigenvalue weighted by atomic mass is 10.2. The van der Waals surface area contributed by atoms with Crippen molar-refractivity contribution in [2.75, 3.05) is 17.7 Å². The van der Waals surface area contributed by atoms with Gasteiger partial charge in [0.25, 0.3) is 0 Å². The summed E-state index contributed by atoms with van der Waals surface area (Å²) in [6, 6.07) is 10.5. The second-order valence-electron chi connectivity index (χ2n) is 4.25. The van der Waals surface area contributed by atoms with Gasteiger partial charge in [-0.15, -0.1) is 11.3 Å². The molecular weight excluding hydrogens is 366 g/mol. The van der Waals surface area contributed by atoms with Gasteiger partial charge in [0.05, 0.1) is 3.79 Å². The minimum absolute atomic E-state index is 0.235. The first-order chi connectivity index (χ1) is 10.6. The second kappa shape index (κ2) is 7.77. The summed E-state index contributed by atoms with van der Waals surface area (Å²) >= 11 is 4.91. The van der Waals surface area contributed by atoms with E-state index in [1.165, 1.54) is 13.1 Å². The Hall–Kier alpha value is -2.12. The highest BCUT2D eigenvalue weighted by Crippen LogP contribution is 2.23. The minimum Gasteiger partial charge on any atom is -0.341 e. The van der Waals surface area contributed by atoms with Crippen molar-refractivity contribution in [3.8, 4) is 0 Å². The van der Waals surface area contributed by atoms with Crippen LogP contribution in [-0.4, -0.2) is 19.0 Å². The number of thiophene rings is 1. The van der Waals surface area contributed by atoms with Gasteiger partial charge in [-0.2, -0.15) is 0 Å². The summed E-state index contributed by atoms with van der Waals surface area (Å²) in [6.07, 6.45) is 3.22. The maximum absolute atomic E-state index is 11.9. The number of anilines is 2. The van der Waals surface area contributed by atoms with E-state index in [9.17, 15) is 9.59 Å². The third-order valence-corrected chi connectivity index (χ3v) is 4.20. The van der Waals surface area contributed by atoms with Crippen LogP contribution < -0.4 is 16.0 Å². The van der Waals surface area contributed by atoms with Crippen molar-refractivity contribution in [2.24, 2.45) is 0 Å². The first-order valence-electron chi connectivity index (χ1n) is 6.40. The number of amides is 3. The van der Waals surface area contributed by atoms with Crippen molar-refractivity contribution in [3.05, 3.63) is 51.1 Å². The van der Waals surface area contributed by atoms with Crippen LogP contribution in [0.15, 0.2) is 46.3 Å². The van der Waals surface area contributed by atoms with Gasteiger partial charge in [-0.25, -0.2) is 4.79 Å². The van der Waals surface area contributed by atoms with E-state index in [0.717, 1.165) is 8.66 Å². The standard InChI is InChI=1S/C15H14BrN3O2S/c1-17-15(21)19-11-4-2-3-10(9-11)18-14(20)8-6-12-5-7-13(16)22-12/h2-9H,1H3,(H,18,20)(H2,17,19,21)/b8-6+. The van der Waals surface area contributed by atoms with Gasteiger partial charge in [0.15, 0.2) is 0 Å². The number of halogens is 1. The normalized spacial score (nSPS) is 10.5. The SMILES string of the molecule is CNC(=O)Nc1cccc(NC(=O)/C=C/c2ccc(Br)s2)c1. The van der Waals surface area contributed by atoms with E-state index in [2.05, 4.69) is 31.9 Å². The number of rotatable bonds is 4. The molecule has 114 valence electrons. The van der Waals surface area contributed by atoms with E-state index < -0.39 is 0 Å². The highest BCUT2D eigenvalue weighted by atomic mass is 79.9. The lowest BCUT2D eigenvalue weighted by Crippen LogP contribution is -2.24. The van der Waals surface area contributed by atoms with Gasteiger partial charge in [0.2, 0.25) is 5.91 Å². The summed E-state index contributed by atoms with van der Waals surface area (Å²) in [4.78, 5) is 24.1. The first kappa shape index (κ1) is 16.3. The predicted octanol–water partition coefficient (Wildman–Crippen LogP) is 3.91. The van der Waals surface area contributed by atoms with Crippen molar-refractivity contribution in [1.29, 1.82) is 0 Å². The Balaban J connectivity index is 1.97. The van der Waals surface area contributed by atoms with Crippen molar-refractivity contribution in [3.63, 3.8) is 0 Å². The molecule has 0 bridgehead atoms. The fourth-order valence-corrected chi connectivity index (χ4v) is 2.95. The Bertz CT molecular complexity index is 712. The van der Waals surface area contributed by atoms with Crippen LogP contribution in [-0.2, 0) is 4.79 Å². The number of carbonyl (C=O) groups excluding carboxylic acids is 2. The van der Waals surface area contributed by atoms with Crippen molar-refractivity contribution in [1.82, 2.24) is 5.32 Å². The van der Waals surface area contributed by atoms with Gasteiger partial charge >= 0.3 is 6.03 Å². The fraction of sp³-hybridized carbons (Fsp3) is 0.0667. The van der Waals surface area contributed by atoms with Crippen LogP contribution in [0.2, 0.25) is 0 Å². The van der Waals surface area contributed by atoms with Gasteiger partial charge < -0.3 is 16.0 Å². The average molecular weight is 380 g/mol. The number of hydrogen-bond donors (Lipinski definition) is 3. The topological polar surface area (TPSA) is 70.2 Å². The number of benzene rings is 1. The zero-order chi connectivity index (χ0) is 15.9. The molecule has 2 aromatic rings. The quantitative estimate of drug-likeness (QED) is 0.704. The van der Waals surface area contributed by atoms with Crippen LogP contribution >= 0.6 is 27.3 Å².